The molecule has 10 heteroatoms. The van der Waals surface area contributed by atoms with Crippen molar-refractivity contribution in [1.82, 2.24) is 0 Å². The lowest BCUT2D eigenvalue weighted by Crippen LogP contribution is -2.38. The molecule has 0 saturated carbocycles. The molecule has 0 spiro atoms. The Kier molecular flexibility index (Phi) is 7.98. The maximum absolute atomic E-state index is 13.6. The normalized spacial score (nSPS) is 10.9. The molecule has 0 atom stereocenters. The number of para-hydroxylation sites is 1. The molecule has 0 fully saturated rings. The number of anilines is 2. The summed E-state index contributed by atoms with van der Waals surface area (Å²) in [5.41, 5.74) is 1.47. The molecule has 184 valence electrons. The predicted octanol–water partition coefficient (Wildman–Crippen LogP) is 3.63. The van der Waals surface area contributed by atoms with Crippen molar-refractivity contribution in [3.8, 4) is 11.5 Å². The van der Waals surface area contributed by atoms with Gasteiger partial charge in [0.05, 0.1) is 37.5 Å². The van der Waals surface area contributed by atoms with E-state index in [1.807, 2.05) is 0 Å². The summed E-state index contributed by atoms with van der Waals surface area (Å²) >= 11 is 0. The van der Waals surface area contributed by atoms with E-state index in [0.29, 0.717) is 28.3 Å². The van der Waals surface area contributed by atoms with Crippen LogP contribution in [0.25, 0.3) is 0 Å². The quantitative estimate of drug-likeness (QED) is 0.449. The minimum atomic E-state index is -4.17. The molecule has 0 aliphatic heterocycles. The summed E-state index contributed by atoms with van der Waals surface area (Å²) in [4.78, 5) is 24.9. The average Bonchev–Trinajstić information content (AvgIpc) is 2.88. The molecule has 1 amide bonds. The Morgan fingerprint density at radius 2 is 1.57 bits per heavy atom. The lowest BCUT2D eigenvalue weighted by atomic mass is 10.1. The molecule has 0 saturated heterocycles. The Morgan fingerprint density at radius 3 is 2.20 bits per heavy atom. The largest absolute Gasteiger partial charge is 0.493 e. The Hall–Kier alpha value is -4.05. The Labute approximate surface area is 204 Å². The number of carbonyl (C=O) groups excluding carboxylic acids is 2. The third kappa shape index (κ3) is 5.55. The number of ether oxygens (including phenoxy) is 3. The van der Waals surface area contributed by atoms with Crippen LogP contribution in [0.4, 0.5) is 11.4 Å². The Balaban J connectivity index is 1.96. The monoisotopic (exact) mass is 498 g/mol. The van der Waals surface area contributed by atoms with Gasteiger partial charge in [-0.3, -0.25) is 9.10 Å². The molecule has 0 aliphatic carbocycles. The van der Waals surface area contributed by atoms with Crippen molar-refractivity contribution in [2.24, 2.45) is 0 Å². The number of amides is 1. The van der Waals surface area contributed by atoms with Gasteiger partial charge >= 0.3 is 5.97 Å². The fraction of sp³-hybridized carbons (Fsp3) is 0.200. The van der Waals surface area contributed by atoms with Gasteiger partial charge in [-0.2, -0.15) is 0 Å². The van der Waals surface area contributed by atoms with Crippen LogP contribution in [0.2, 0.25) is 0 Å². The summed E-state index contributed by atoms with van der Waals surface area (Å²) in [5, 5.41) is 2.70. The van der Waals surface area contributed by atoms with Gasteiger partial charge in [0.1, 0.15) is 6.54 Å². The molecule has 0 aromatic heterocycles. The second kappa shape index (κ2) is 10.9. The van der Waals surface area contributed by atoms with E-state index < -0.39 is 28.4 Å². The third-order valence-corrected chi connectivity index (χ3v) is 7.06. The SMILES string of the molecule is COC(=O)c1cccc(NC(=O)CN(c2ccccc2)S(=O)(=O)c2ccc(OC)c(OC)c2)c1C. The zero-order chi connectivity index (χ0) is 25.6. The maximum atomic E-state index is 13.6. The number of methoxy groups -OCH3 is 3. The van der Waals surface area contributed by atoms with Crippen molar-refractivity contribution in [3.63, 3.8) is 0 Å². The standard InChI is InChI=1S/C25H26N2O7S/c1-17-20(25(29)34-4)11-8-12-21(17)26-24(28)16-27(18-9-6-5-7-10-18)35(30,31)19-13-14-22(32-2)23(15-19)33-3/h5-15H,16H2,1-4H3,(H,26,28). The maximum Gasteiger partial charge on any atom is 0.338 e. The minimum absolute atomic E-state index is 0.0735. The number of nitrogens with one attached hydrogen (secondary N) is 1. The van der Waals surface area contributed by atoms with Gasteiger partial charge in [-0.15, -0.1) is 0 Å². The zero-order valence-corrected chi connectivity index (χ0v) is 20.6. The van der Waals surface area contributed by atoms with Crippen LogP contribution < -0.4 is 19.1 Å². The van der Waals surface area contributed by atoms with E-state index >= 15 is 0 Å². The topological polar surface area (TPSA) is 111 Å². The van der Waals surface area contributed by atoms with Gasteiger partial charge in [0, 0.05) is 11.8 Å². The lowest BCUT2D eigenvalue weighted by Gasteiger charge is -2.24. The van der Waals surface area contributed by atoms with Crippen molar-refractivity contribution in [2.45, 2.75) is 11.8 Å². The lowest BCUT2D eigenvalue weighted by molar-refractivity contribution is -0.114. The van der Waals surface area contributed by atoms with Crippen molar-refractivity contribution < 1.29 is 32.2 Å². The van der Waals surface area contributed by atoms with Crippen LogP contribution in [0, 0.1) is 6.92 Å². The third-order valence-electron chi connectivity index (χ3n) is 5.29. The molecule has 3 rings (SSSR count). The van der Waals surface area contributed by atoms with Crippen LogP contribution in [0.15, 0.2) is 71.6 Å². The van der Waals surface area contributed by atoms with Gasteiger partial charge in [-0.25, -0.2) is 13.2 Å². The number of hydrogen-bond acceptors (Lipinski definition) is 7. The van der Waals surface area contributed by atoms with Crippen molar-refractivity contribution >= 4 is 33.3 Å². The van der Waals surface area contributed by atoms with E-state index in [9.17, 15) is 18.0 Å². The van der Waals surface area contributed by atoms with Gasteiger partial charge in [-0.05, 0) is 48.9 Å². The molecular formula is C25H26N2O7S. The smallest absolute Gasteiger partial charge is 0.338 e. The number of sulfonamides is 1. The summed E-state index contributed by atoms with van der Waals surface area (Å²) in [6.07, 6.45) is 0. The molecule has 0 unspecified atom stereocenters. The molecule has 0 heterocycles. The first-order valence-electron chi connectivity index (χ1n) is 10.5. The summed E-state index contributed by atoms with van der Waals surface area (Å²) in [6, 6.07) is 17.3. The van der Waals surface area contributed by atoms with Gasteiger partial charge in [-0.1, -0.05) is 24.3 Å². The number of nitrogens with zero attached hydrogens (tertiary/aromatic N) is 1. The molecule has 0 aliphatic rings. The second-order valence-electron chi connectivity index (χ2n) is 7.38. The van der Waals surface area contributed by atoms with E-state index in [-0.39, 0.29) is 10.6 Å². The summed E-state index contributed by atoms with van der Waals surface area (Å²) < 4.78 is 43.5. The fourth-order valence-electron chi connectivity index (χ4n) is 3.44. The van der Waals surface area contributed by atoms with Crippen molar-refractivity contribution in [2.75, 3.05) is 37.5 Å². The molecule has 3 aromatic carbocycles. The highest BCUT2D eigenvalue weighted by Crippen LogP contribution is 2.32. The van der Waals surface area contributed by atoms with Crippen molar-refractivity contribution in [3.05, 3.63) is 77.9 Å². The number of carbonyl (C=O) groups is 2. The van der Waals surface area contributed by atoms with Crippen LogP contribution in [0.1, 0.15) is 15.9 Å². The first-order chi connectivity index (χ1) is 16.7. The highest BCUT2D eigenvalue weighted by Gasteiger charge is 2.28. The highest BCUT2D eigenvalue weighted by molar-refractivity contribution is 7.92. The van der Waals surface area contributed by atoms with Crippen molar-refractivity contribution in [1.29, 1.82) is 0 Å². The van der Waals surface area contributed by atoms with E-state index in [2.05, 4.69) is 5.32 Å². The molecular weight excluding hydrogens is 472 g/mol. The molecule has 35 heavy (non-hydrogen) atoms. The molecule has 0 radical (unpaired) electrons. The van der Waals surface area contributed by atoms with Gasteiger partial charge < -0.3 is 19.5 Å². The second-order valence-corrected chi connectivity index (χ2v) is 9.24. The van der Waals surface area contributed by atoms with Crippen LogP contribution in [-0.2, 0) is 19.6 Å². The molecule has 9 nitrogen and oxygen atoms in total. The number of esters is 1. The molecule has 3 aromatic rings. The van der Waals surface area contributed by atoms with Crippen LogP contribution >= 0.6 is 0 Å². The fourth-order valence-corrected chi connectivity index (χ4v) is 4.87. The number of rotatable bonds is 9. The molecule has 0 bridgehead atoms. The first-order valence-corrected chi connectivity index (χ1v) is 11.9. The Bertz CT molecular complexity index is 1320. The highest BCUT2D eigenvalue weighted by atomic mass is 32.2. The molecule has 1 N–H and O–H groups in total. The minimum Gasteiger partial charge on any atom is -0.493 e. The summed E-state index contributed by atoms with van der Waals surface area (Å²) in [5.74, 6) is -0.527. The predicted molar refractivity (Wildman–Crippen MR) is 132 cm³/mol. The van der Waals surface area contributed by atoms with E-state index in [0.717, 1.165) is 4.31 Å². The summed E-state index contributed by atoms with van der Waals surface area (Å²) in [7, 11) is -0.0518. The van der Waals surface area contributed by atoms with Gasteiger partial charge in [0.25, 0.3) is 10.0 Å². The summed E-state index contributed by atoms with van der Waals surface area (Å²) in [6.45, 7) is 1.15. The van der Waals surface area contributed by atoms with Crippen LogP contribution in [0.5, 0.6) is 11.5 Å². The van der Waals surface area contributed by atoms with Gasteiger partial charge in [0.15, 0.2) is 11.5 Å². The average molecular weight is 499 g/mol. The first kappa shape index (κ1) is 25.6. The van der Waals surface area contributed by atoms with Crippen LogP contribution in [0.3, 0.4) is 0 Å². The van der Waals surface area contributed by atoms with Crippen LogP contribution in [-0.4, -0.2) is 48.2 Å². The Morgan fingerprint density at radius 1 is 0.886 bits per heavy atom. The number of hydrogen-bond donors (Lipinski definition) is 1. The van der Waals surface area contributed by atoms with E-state index in [1.54, 1.807) is 55.5 Å². The zero-order valence-electron chi connectivity index (χ0n) is 19.8. The van der Waals surface area contributed by atoms with E-state index in [1.165, 1.54) is 39.5 Å². The van der Waals surface area contributed by atoms with E-state index in [4.69, 9.17) is 14.2 Å². The van der Waals surface area contributed by atoms with Gasteiger partial charge in [0.2, 0.25) is 5.91 Å². The number of benzene rings is 3.